The molecular formula is C17H10BrFN6O4. The zero-order chi connectivity index (χ0) is 20.2. The number of carbonyl (C=O) groups excluding carboxylic acids is 1. The molecule has 146 valence electrons. The summed E-state index contributed by atoms with van der Waals surface area (Å²) in [5, 5.41) is 17.7. The first-order chi connectivity index (χ1) is 14.1. The fourth-order valence-electron chi connectivity index (χ4n) is 2.30. The Bertz CT molecular complexity index is 1210. The highest BCUT2D eigenvalue weighted by atomic mass is 79.9. The lowest BCUT2D eigenvalue weighted by Crippen LogP contribution is -2.13. The summed E-state index contributed by atoms with van der Waals surface area (Å²) in [4.78, 5) is 17.3. The second kappa shape index (κ2) is 8.06. The number of benzene rings is 2. The average Bonchev–Trinajstić information content (AvgIpc) is 3.34. The molecule has 1 amide bonds. The van der Waals surface area contributed by atoms with Gasteiger partial charge in [0.2, 0.25) is 11.6 Å². The highest BCUT2D eigenvalue weighted by Gasteiger charge is 2.19. The van der Waals surface area contributed by atoms with Crippen molar-refractivity contribution < 1.29 is 23.3 Å². The molecule has 12 heteroatoms. The van der Waals surface area contributed by atoms with Crippen LogP contribution in [0.2, 0.25) is 0 Å². The van der Waals surface area contributed by atoms with E-state index in [1.54, 1.807) is 24.3 Å². The van der Waals surface area contributed by atoms with Gasteiger partial charge in [0, 0.05) is 0 Å². The molecule has 4 rings (SSSR count). The number of fused-ring (bicyclic) bond motifs is 1. The number of nitrogens with one attached hydrogen (secondary N) is 2. The monoisotopic (exact) mass is 460 g/mol. The van der Waals surface area contributed by atoms with Gasteiger partial charge >= 0.3 is 0 Å². The summed E-state index contributed by atoms with van der Waals surface area (Å²) >= 11 is 3.06. The molecule has 2 heterocycles. The smallest absolute Gasteiger partial charge is 0.296 e. The maximum absolute atomic E-state index is 13.2. The molecule has 2 aromatic heterocycles. The largest absolute Gasteiger partial charge is 0.350 e. The number of anilines is 2. The van der Waals surface area contributed by atoms with E-state index in [1.165, 1.54) is 18.2 Å². The lowest BCUT2D eigenvalue weighted by Gasteiger charge is -2.03. The third kappa shape index (κ3) is 4.06. The Morgan fingerprint density at radius 1 is 1.21 bits per heavy atom. The van der Waals surface area contributed by atoms with Crippen molar-refractivity contribution in [3.63, 3.8) is 0 Å². The van der Waals surface area contributed by atoms with Crippen molar-refractivity contribution in [1.29, 1.82) is 0 Å². The maximum atomic E-state index is 13.2. The minimum Gasteiger partial charge on any atom is -0.350 e. The zero-order valence-electron chi connectivity index (χ0n) is 14.3. The molecule has 0 aliphatic rings. The molecule has 2 aromatic carbocycles. The van der Waals surface area contributed by atoms with Crippen molar-refractivity contribution in [2.24, 2.45) is 5.16 Å². The summed E-state index contributed by atoms with van der Waals surface area (Å²) in [6, 6.07) is 11.1. The van der Waals surface area contributed by atoms with E-state index in [4.69, 9.17) is 9.46 Å². The molecule has 0 spiro atoms. The van der Waals surface area contributed by atoms with Crippen molar-refractivity contribution in [3.8, 4) is 0 Å². The predicted molar refractivity (Wildman–Crippen MR) is 103 cm³/mol. The van der Waals surface area contributed by atoms with E-state index in [0.717, 1.165) is 6.21 Å². The van der Waals surface area contributed by atoms with Gasteiger partial charge in [-0.3, -0.25) is 15.0 Å². The Morgan fingerprint density at radius 2 is 2.07 bits per heavy atom. The molecule has 2 N–H and O–H groups in total. The van der Waals surface area contributed by atoms with Gasteiger partial charge < -0.3 is 4.52 Å². The molecule has 0 atom stereocenters. The number of hydrogen-bond acceptors (Lipinski definition) is 9. The quantitative estimate of drug-likeness (QED) is 0.328. The fourth-order valence-corrected chi connectivity index (χ4v) is 2.68. The fraction of sp³-hybridized carbons (Fsp3) is 0. The molecule has 0 radical (unpaired) electrons. The van der Waals surface area contributed by atoms with Crippen LogP contribution in [0, 0.1) is 5.82 Å². The Balaban J connectivity index is 1.41. The topological polar surface area (TPSA) is 128 Å². The van der Waals surface area contributed by atoms with Gasteiger partial charge in [0.05, 0.1) is 15.5 Å². The Hall–Kier alpha value is -3.80. The summed E-state index contributed by atoms with van der Waals surface area (Å²) in [5.74, 6) is -0.967. The van der Waals surface area contributed by atoms with Crippen LogP contribution in [0.25, 0.3) is 10.9 Å². The van der Waals surface area contributed by atoms with Crippen molar-refractivity contribution in [1.82, 2.24) is 15.5 Å². The molecule has 10 nitrogen and oxygen atoms in total. The minimum absolute atomic E-state index is 0.00681. The summed E-state index contributed by atoms with van der Waals surface area (Å²) in [6.07, 6.45) is 1.16. The Kier molecular flexibility index (Phi) is 5.16. The lowest BCUT2D eigenvalue weighted by atomic mass is 10.2. The van der Waals surface area contributed by atoms with E-state index in [-0.39, 0.29) is 21.7 Å². The van der Waals surface area contributed by atoms with Crippen LogP contribution < -0.4 is 10.8 Å². The number of aromatic nitrogens is 3. The normalized spacial score (nSPS) is 11.1. The van der Waals surface area contributed by atoms with Crippen LogP contribution in [0.3, 0.4) is 0 Å². The van der Waals surface area contributed by atoms with Crippen LogP contribution in [0.15, 0.2) is 61.2 Å². The van der Waals surface area contributed by atoms with Gasteiger partial charge in [-0.1, -0.05) is 22.4 Å². The van der Waals surface area contributed by atoms with E-state index in [9.17, 15) is 9.18 Å². The van der Waals surface area contributed by atoms with E-state index >= 15 is 0 Å². The van der Waals surface area contributed by atoms with Crippen molar-refractivity contribution >= 4 is 50.5 Å². The lowest BCUT2D eigenvalue weighted by molar-refractivity contribution is 0.0989. The van der Waals surface area contributed by atoms with Gasteiger partial charge in [0.1, 0.15) is 17.5 Å². The highest BCUT2D eigenvalue weighted by molar-refractivity contribution is 9.10. The standard InChI is InChI=1S/C17H10BrFN6O4/c18-11-7-9(5-6-12(11)19)22-28-20-8-14-16(25-29-24-14)21-17(26)15-10-3-1-2-4-13(10)23-27-15/h1-8,22H,(H,21,25,26)/b20-8+. The molecule has 0 aliphatic carbocycles. The Morgan fingerprint density at radius 3 is 2.93 bits per heavy atom. The summed E-state index contributed by atoms with van der Waals surface area (Å²) in [6.45, 7) is 0. The summed E-state index contributed by atoms with van der Waals surface area (Å²) in [5.41, 5.74) is 3.60. The van der Waals surface area contributed by atoms with E-state index in [2.05, 4.69) is 52.0 Å². The Labute approximate surface area is 169 Å². The number of nitrogens with zero attached hydrogens (tertiary/aromatic N) is 4. The maximum Gasteiger partial charge on any atom is 0.296 e. The van der Waals surface area contributed by atoms with Gasteiger partial charge in [-0.2, -0.15) is 5.48 Å². The van der Waals surface area contributed by atoms with Gasteiger partial charge in [-0.25, -0.2) is 9.02 Å². The van der Waals surface area contributed by atoms with Gasteiger partial charge in [0.15, 0.2) is 5.69 Å². The number of amides is 1. The van der Waals surface area contributed by atoms with Gasteiger partial charge in [-0.15, -0.1) is 0 Å². The van der Waals surface area contributed by atoms with Crippen LogP contribution >= 0.6 is 15.9 Å². The average molecular weight is 461 g/mol. The minimum atomic E-state index is -0.584. The van der Waals surface area contributed by atoms with Gasteiger partial charge in [0.25, 0.3) is 5.91 Å². The summed E-state index contributed by atoms with van der Waals surface area (Å²) in [7, 11) is 0. The molecule has 0 bridgehead atoms. The second-order valence-corrected chi connectivity index (χ2v) is 6.39. The molecule has 0 aliphatic heterocycles. The van der Waals surface area contributed by atoms with E-state index in [1.807, 2.05) is 0 Å². The van der Waals surface area contributed by atoms with Crippen molar-refractivity contribution in [2.75, 3.05) is 10.8 Å². The molecular weight excluding hydrogens is 451 g/mol. The number of hydrogen-bond donors (Lipinski definition) is 2. The summed E-state index contributed by atoms with van der Waals surface area (Å²) < 4.78 is 23.2. The van der Waals surface area contributed by atoms with Crippen molar-refractivity contribution in [3.05, 3.63) is 64.2 Å². The second-order valence-electron chi connectivity index (χ2n) is 5.54. The first-order valence-corrected chi connectivity index (χ1v) is 8.80. The number of rotatable bonds is 6. The third-order valence-electron chi connectivity index (χ3n) is 3.65. The number of oxime groups is 1. The first-order valence-electron chi connectivity index (χ1n) is 8.00. The predicted octanol–water partition coefficient (Wildman–Crippen LogP) is 3.74. The molecule has 0 saturated carbocycles. The molecule has 0 fully saturated rings. The van der Waals surface area contributed by atoms with E-state index in [0.29, 0.717) is 16.6 Å². The molecule has 0 unspecified atom stereocenters. The van der Waals surface area contributed by atoms with Crippen LogP contribution in [0.4, 0.5) is 15.9 Å². The van der Waals surface area contributed by atoms with Crippen LogP contribution in [-0.2, 0) is 4.94 Å². The third-order valence-corrected chi connectivity index (χ3v) is 4.25. The number of carbonyl (C=O) groups is 1. The molecule has 4 aromatic rings. The zero-order valence-corrected chi connectivity index (χ0v) is 15.9. The van der Waals surface area contributed by atoms with Gasteiger partial charge in [-0.05, 0) is 56.6 Å². The first kappa shape index (κ1) is 18.6. The van der Waals surface area contributed by atoms with E-state index < -0.39 is 11.7 Å². The number of halogens is 2. The van der Waals surface area contributed by atoms with Crippen LogP contribution in [-0.4, -0.2) is 27.6 Å². The molecule has 0 saturated heterocycles. The van der Waals surface area contributed by atoms with Crippen molar-refractivity contribution in [2.45, 2.75) is 0 Å². The van der Waals surface area contributed by atoms with Crippen LogP contribution in [0.5, 0.6) is 0 Å². The molecule has 29 heavy (non-hydrogen) atoms. The highest BCUT2D eigenvalue weighted by Crippen LogP contribution is 2.21. The SMILES string of the molecule is O=C(Nc1nonc1/C=N/ONc1ccc(F)c(Br)c1)c1onc2ccccc12. The van der Waals surface area contributed by atoms with Crippen LogP contribution in [0.1, 0.15) is 16.2 Å².